The lowest BCUT2D eigenvalue weighted by atomic mass is 9.98. The second-order valence-corrected chi connectivity index (χ2v) is 5.71. The Balaban J connectivity index is 2.05. The summed E-state index contributed by atoms with van der Waals surface area (Å²) >= 11 is 6.06. The molecule has 2 aromatic carbocycles. The molecule has 0 spiro atoms. The van der Waals surface area contributed by atoms with E-state index in [4.69, 9.17) is 11.6 Å². The predicted octanol–water partition coefficient (Wildman–Crippen LogP) is 4.41. The quantitative estimate of drug-likeness (QED) is 0.830. The normalized spacial score (nSPS) is 12.3. The van der Waals surface area contributed by atoms with Crippen molar-refractivity contribution in [1.29, 1.82) is 0 Å². The van der Waals surface area contributed by atoms with Crippen LogP contribution in [0.15, 0.2) is 48.5 Å². The molecule has 2 aromatic rings. The molecule has 0 aromatic heterocycles. The van der Waals surface area contributed by atoms with Crippen LogP contribution in [0.3, 0.4) is 0 Å². The number of halogens is 1. The standard InChI is InChI=1S/C18H22ClN/c1-3-20-18(12-15-9-7-14(2)8-10-15)13-16-5-4-6-17(19)11-16/h4-11,18,20H,3,12-13H2,1-2H3. The summed E-state index contributed by atoms with van der Waals surface area (Å²) in [5.74, 6) is 0. The molecule has 0 fully saturated rings. The maximum atomic E-state index is 6.06. The fourth-order valence-electron chi connectivity index (χ4n) is 2.46. The van der Waals surface area contributed by atoms with E-state index in [0.717, 1.165) is 24.4 Å². The molecule has 1 atom stereocenters. The average molecular weight is 288 g/mol. The topological polar surface area (TPSA) is 12.0 Å². The highest BCUT2D eigenvalue weighted by Crippen LogP contribution is 2.14. The van der Waals surface area contributed by atoms with E-state index in [2.05, 4.69) is 55.6 Å². The Morgan fingerprint density at radius 2 is 1.70 bits per heavy atom. The fourth-order valence-corrected chi connectivity index (χ4v) is 2.68. The molecule has 1 nitrogen and oxygen atoms in total. The molecule has 0 aliphatic rings. The van der Waals surface area contributed by atoms with Gasteiger partial charge in [-0.25, -0.2) is 0 Å². The molecule has 20 heavy (non-hydrogen) atoms. The van der Waals surface area contributed by atoms with Crippen molar-refractivity contribution in [2.75, 3.05) is 6.54 Å². The predicted molar refractivity (Wildman–Crippen MR) is 87.5 cm³/mol. The van der Waals surface area contributed by atoms with E-state index in [-0.39, 0.29) is 0 Å². The first-order valence-corrected chi connectivity index (χ1v) is 7.58. The maximum Gasteiger partial charge on any atom is 0.0408 e. The average Bonchev–Trinajstić information content (AvgIpc) is 2.42. The van der Waals surface area contributed by atoms with Crippen LogP contribution in [0.2, 0.25) is 5.02 Å². The Morgan fingerprint density at radius 3 is 2.35 bits per heavy atom. The molecule has 2 rings (SSSR count). The van der Waals surface area contributed by atoms with E-state index in [1.54, 1.807) is 0 Å². The molecule has 0 radical (unpaired) electrons. The zero-order valence-corrected chi connectivity index (χ0v) is 13.0. The Hall–Kier alpha value is -1.31. The van der Waals surface area contributed by atoms with Gasteiger partial charge in [0.25, 0.3) is 0 Å². The molecule has 0 saturated carbocycles. The number of hydrogen-bond acceptors (Lipinski definition) is 1. The van der Waals surface area contributed by atoms with Crippen LogP contribution in [-0.2, 0) is 12.8 Å². The number of aryl methyl sites for hydroxylation is 1. The molecule has 106 valence electrons. The van der Waals surface area contributed by atoms with Gasteiger partial charge in [0.15, 0.2) is 0 Å². The lowest BCUT2D eigenvalue weighted by molar-refractivity contribution is 0.521. The lowest BCUT2D eigenvalue weighted by Gasteiger charge is -2.18. The van der Waals surface area contributed by atoms with Gasteiger partial charge >= 0.3 is 0 Å². The molecule has 1 N–H and O–H groups in total. The molecular weight excluding hydrogens is 266 g/mol. The minimum atomic E-state index is 0.446. The molecule has 2 heteroatoms. The number of nitrogens with one attached hydrogen (secondary N) is 1. The van der Waals surface area contributed by atoms with Crippen LogP contribution in [0, 0.1) is 6.92 Å². The first-order valence-electron chi connectivity index (χ1n) is 7.20. The highest BCUT2D eigenvalue weighted by molar-refractivity contribution is 6.30. The minimum Gasteiger partial charge on any atom is -0.314 e. The maximum absolute atomic E-state index is 6.06. The molecule has 1 unspecified atom stereocenters. The van der Waals surface area contributed by atoms with Gasteiger partial charge in [0.1, 0.15) is 0 Å². The lowest BCUT2D eigenvalue weighted by Crippen LogP contribution is -2.33. The largest absolute Gasteiger partial charge is 0.314 e. The first kappa shape index (κ1) is 15.1. The summed E-state index contributed by atoms with van der Waals surface area (Å²) < 4.78 is 0. The second kappa shape index (κ2) is 7.47. The van der Waals surface area contributed by atoms with E-state index < -0.39 is 0 Å². The minimum absolute atomic E-state index is 0.446. The third kappa shape index (κ3) is 4.66. The zero-order valence-electron chi connectivity index (χ0n) is 12.2. The molecule has 0 heterocycles. The third-order valence-corrected chi connectivity index (χ3v) is 3.70. The summed E-state index contributed by atoms with van der Waals surface area (Å²) in [6.45, 7) is 5.26. The van der Waals surface area contributed by atoms with Gasteiger partial charge in [0.2, 0.25) is 0 Å². The molecule has 0 saturated heterocycles. The Bertz CT molecular complexity index is 533. The van der Waals surface area contributed by atoms with E-state index in [1.807, 2.05) is 12.1 Å². The fraction of sp³-hybridized carbons (Fsp3) is 0.333. The van der Waals surface area contributed by atoms with E-state index in [9.17, 15) is 0 Å². The third-order valence-electron chi connectivity index (χ3n) is 3.47. The van der Waals surface area contributed by atoms with E-state index in [1.165, 1.54) is 16.7 Å². The molecule has 0 bridgehead atoms. The van der Waals surface area contributed by atoms with Crippen molar-refractivity contribution in [3.8, 4) is 0 Å². The SMILES string of the molecule is CCNC(Cc1ccc(C)cc1)Cc1cccc(Cl)c1. The summed E-state index contributed by atoms with van der Waals surface area (Å²) in [4.78, 5) is 0. The Kier molecular flexibility index (Phi) is 5.63. The van der Waals surface area contributed by atoms with Crippen LogP contribution < -0.4 is 5.32 Å². The van der Waals surface area contributed by atoms with Gasteiger partial charge in [-0.1, -0.05) is 60.5 Å². The highest BCUT2D eigenvalue weighted by atomic mass is 35.5. The number of rotatable bonds is 6. The van der Waals surface area contributed by atoms with Crippen LogP contribution >= 0.6 is 11.6 Å². The van der Waals surface area contributed by atoms with Crippen molar-refractivity contribution >= 4 is 11.6 Å². The van der Waals surface area contributed by atoms with Crippen molar-refractivity contribution in [2.45, 2.75) is 32.7 Å². The Morgan fingerprint density at radius 1 is 1.00 bits per heavy atom. The van der Waals surface area contributed by atoms with Crippen LogP contribution in [0.1, 0.15) is 23.6 Å². The summed E-state index contributed by atoms with van der Waals surface area (Å²) in [7, 11) is 0. The monoisotopic (exact) mass is 287 g/mol. The summed E-state index contributed by atoms with van der Waals surface area (Å²) in [5.41, 5.74) is 3.97. The van der Waals surface area contributed by atoms with Gasteiger partial charge in [0.05, 0.1) is 0 Å². The zero-order chi connectivity index (χ0) is 14.4. The van der Waals surface area contributed by atoms with Crippen molar-refractivity contribution in [3.05, 3.63) is 70.2 Å². The number of hydrogen-bond donors (Lipinski definition) is 1. The number of likely N-dealkylation sites (N-methyl/N-ethyl adjacent to an activating group) is 1. The van der Waals surface area contributed by atoms with Gasteiger partial charge in [-0.3, -0.25) is 0 Å². The number of benzene rings is 2. The van der Waals surface area contributed by atoms with Crippen LogP contribution in [0.5, 0.6) is 0 Å². The molecule has 0 amide bonds. The molecular formula is C18H22ClN. The van der Waals surface area contributed by atoms with Gasteiger partial charge in [0, 0.05) is 11.1 Å². The van der Waals surface area contributed by atoms with Crippen LogP contribution in [-0.4, -0.2) is 12.6 Å². The van der Waals surface area contributed by atoms with E-state index >= 15 is 0 Å². The summed E-state index contributed by atoms with van der Waals surface area (Å²) in [6.07, 6.45) is 2.04. The summed E-state index contributed by atoms with van der Waals surface area (Å²) in [5, 5.41) is 4.38. The second-order valence-electron chi connectivity index (χ2n) is 5.28. The van der Waals surface area contributed by atoms with Gasteiger partial charge in [-0.05, 0) is 49.6 Å². The van der Waals surface area contributed by atoms with Crippen LogP contribution in [0.4, 0.5) is 0 Å². The van der Waals surface area contributed by atoms with Gasteiger partial charge < -0.3 is 5.32 Å². The van der Waals surface area contributed by atoms with Crippen molar-refractivity contribution < 1.29 is 0 Å². The molecule has 0 aliphatic heterocycles. The first-order chi connectivity index (χ1) is 9.67. The van der Waals surface area contributed by atoms with Gasteiger partial charge in [-0.2, -0.15) is 0 Å². The smallest absolute Gasteiger partial charge is 0.0408 e. The van der Waals surface area contributed by atoms with Gasteiger partial charge in [-0.15, -0.1) is 0 Å². The summed E-state index contributed by atoms with van der Waals surface area (Å²) in [6, 6.07) is 17.4. The molecule has 0 aliphatic carbocycles. The van der Waals surface area contributed by atoms with Crippen molar-refractivity contribution in [3.63, 3.8) is 0 Å². The van der Waals surface area contributed by atoms with Crippen molar-refractivity contribution in [1.82, 2.24) is 5.32 Å². The Labute approximate surface area is 127 Å². The van der Waals surface area contributed by atoms with Crippen LogP contribution in [0.25, 0.3) is 0 Å². The van der Waals surface area contributed by atoms with Crippen molar-refractivity contribution in [2.24, 2.45) is 0 Å². The highest BCUT2D eigenvalue weighted by Gasteiger charge is 2.09. The van der Waals surface area contributed by atoms with E-state index in [0.29, 0.717) is 6.04 Å².